The summed E-state index contributed by atoms with van der Waals surface area (Å²) in [5, 5.41) is 0. The van der Waals surface area contributed by atoms with Crippen LogP contribution in [-0.2, 0) is 0 Å². The van der Waals surface area contributed by atoms with Crippen molar-refractivity contribution in [3.63, 3.8) is 0 Å². The molecule has 0 atom stereocenters. The topological polar surface area (TPSA) is 0 Å². The van der Waals surface area contributed by atoms with Gasteiger partial charge in [0.1, 0.15) is 0 Å². The SMILES string of the molecule is C.CC(C)C. The number of rotatable bonds is 0. The molecule has 0 saturated carbocycles. The van der Waals surface area contributed by atoms with Crippen LogP contribution in [-0.4, -0.2) is 0 Å². The zero-order chi connectivity index (χ0) is 3.58. The van der Waals surface area contributed by atoms with Gasteiger partial charge in [0.05, 0.1) is 0 Å². The average molecular weight is 74.2 g/mol. The monoisotopic (exact) mass is 74.1 g/mol. The van der Waals surface area contributed by atoms with Crippen LogP contribution in [0.25, 0.3) is 0 Å². The molecular weight excluding hydrogens is 60.1 g/mol. The first-order chi connectivity index (χ1) is 1.73. The molecule has 0 spiro atoms. The highest BCUT2D eigenvalue weighted by Crippen LogP contribution is 1.81. The van der Waals surface area contributed by atoms with Gasteiger partial charge in [-0.05, 0) is 5.92 Å². The van der Waals surface area contributed by atoms with Gasteiger partial charge in [-0.15, -0.1) is 0 Å². The molecule has 0 radical (unpaired) electrons. The van der Waals surface area contributed by atoms with Gasteiger partial charge in [0.25, 0.3) is 0 Å². The van der Waals surface area contributed by atoms with E-state index in [-0.39, 0.29) is 7.43 Å². The molecule has 0 nitrogen and oxygen atoms in total. The van der Waals surface area contributed by atoms with Gasteiger partial charge in [-0.2, -0.15) is 0 Å². The summed E-state index contributed by atoms with van der Waals surface area (Å²) >= 11 is 0. The molecule has 0 amide bonds. The summed E-state index contributed by atoms with van der Waals surface area (Å²) in [6.07, 6.45) is 0. The fourth-order valence-corrected chi connectivity index (χ4v) is 0. The lowest BCUT2D eigenvalue weighted by Crippen LogP contribution is -1.66. The molecule has 0 unspecified atom stereocenters. The summed E-state index contributed by atoms with van der Waals surface area (Å²) in [6.45, 7) is 6.50. The Morgan fingerprint density at radius 2 is 1.00 bits per heavy atom. The molecule has 0 aliphatic carbocycles. The predicted molar refractivity (Wildman–Crippen MR) is 27.2 cm³/mol. The lowest BCUT2D eigenvalue weighted by molar-refractivity contribution is 0.737. The van der Waals surface area contributed by atoms with E-state index in [4.69, 9.17) is 0 Å². The van der Waals surface area contributed by atoms with Gasteiger partial charge in [0.2, 0.25) is 0 Å². The Bertz CT molecular complexity index is 4.75. The molecule has 0 saturated heterocycles. The summed E-state index contributed by atoms with van der Waals surface area (Å²) in [5.74, 6) is 0.833. The Labute approximate surface area is 35.2 Å². The quantitative estimate of drug-likeness (QED) is 0.413. The van der Waals surface area contributed by atoms with Crippen LogP contribution in [0.1, 0.15) is 28.2 Å². The van der Waals surface area contributed by atoms with Gasteiger partial charge >= 0.3 is 0 Å². The Balaban J connectivity index is 0. The van der Waals surface area contributed by atoms with Gasteiger partial charge < -0.3 is 0 Å². The van der Waals surface area contributed by atoms with Crippen LogP contribution in [0.3, 0.4) is 0 Å². The first-order valence-electron chi connectivity index (χ1n) is 1.73. The molecule has 0 fully saturated rings. The van der Waals surface area contributed by atoms with Crippen molar-refractivity contribution in [2.24, 2.45) is 5.92 Å². The maximum absolute atomic E-state index is 2.17. The molecular formula is C5H14. The Morgan fingerprint density at radius 3 is 1.00 bits per heavy atom. The van der Waals surface area contributed by atoms with Crippen molar-refractivity contribution in [2.45, 2.75) is 28.2 Å². The van der Waals surface area contributed by atoms with Crippen molar-refractivity contribution in [3.8, 4) is 0 Å². The predicted octanol–water partition coefficient (Wildman–Crippen LogP) is 2.30. The highest BCUT2D eigenvalue weighted by molar-refractivity contribution is 4.20. The Kier molecular flexibility index (Phi) is 7.11. The second kappa shape index (κ2) is 4.00. The minimum atomic E-state index is 0. The Hall–Kier alpha value is 0. The molecule has 0 aliphatic rings. The normalized spacial score (nSPS) is 7.20. The van der Waals surface area contributed by atoms with Gasteiger partial charge in [-0.1, -0.05) is 28.2 Å². The summed E-state index contributed by atoms with van der Waals surface area (Å²) in [5.41, 5.74) is 0. The van der Waals surface area contributed by atoms with E-state index in [2.05, 4.69) is 20.8 Å². The van der Waals surface area contributed by atoms with Crippen LogP contribution in [0.4, 0.5) is 0 Å². The third kappa shape index (κ3) is 0. The molecule has 0 bridgehead atoms. The summed E-state index contributed by atoms with van der Waals surface area (Å²) in [6, 6.07) is 0. The van der Waals surface area contributed by atoms with Gasteiger partial charge in [-0.25, -0.2) is 0 Å². The first kappa shape index (κ1) is 8.89. The Morgan fingerprint density at radius 1 is 1.00 bits per heavy atom. The van der Waals surface area contributed by atoms with E-state index in [1.807, 2.05) is 0 Å². The van der Waals surface area contributed by atoms with Crippen molar-refractivity contribution in [1.82, 2.24) is 0 Å². The van der Waals surface area contributed by atoms with Crippen LogP contribution >= 0.6 is 0 Å². The molecule has 0 N–H and O–H groups in total. The molecule has 0 aromatic rings. The van der Waals surface area contributed by atoms with Crippen molar-refractivity contribution in [3.05, 3.63) is 0 Å². The van der Waals surface area contributed by atoms with Crippen LogP contribution in [0, 0.1) is 5.92 Å². The smallest absolute Gasteiger partial charge is 0.0500 e. The number of hydrogen-bond acceptors (Lipinski definition) is 0. The molecule has 0 heteroatoms. The van der Waals surface area contributed by atoms with E-state index < -0.39 is 0 Å². The summed E-state index contributed by atoms with van der Waals surface area (Å²) in [7, 11) is 0. The summed E-state index contributed by atoms with van der Waals surface area (Å²) < 4.78 is 0. The molecule has 34 valence electrons. The fraction of sp³-hybridized carbons (Fsp3) is 1.00. The highest BCUT2D eigenvalue weighted by Gasteiger charge is 1.68. The third-order valence-electron chi connectivity index (χ3n) is 0. The second-order valence-electron chi connectivity index (χ2n) is 1.73. The van der Waals surface area contributed by atoms with Crippen molar-refractivity contribution >= 4 is 0 Å². The van der Waals surface area contributed by atoms with Gasteiger partial charge in [0.15, 0.2) is 0 Å². The largest absolute Gasteiger partial charge is 0.0776 e. The van der Waals surface area contributed by atoms with E-state index in [0.717, 1.165) is 5.92 Å². The first-order valence-corrected chi connectivity index (χ1v) is 1.73. The minimum absolute atomic E-state index is 0. The minimum Gasteiger partial charge on any atom is -0.0776 e. The molecule has 0 aliphatic heterocycles. The van der Waals surface area contributed by atoms with E-state index in [9.17, 15) is 0 Å². The number of hydrogen-bond donors (Lipinski definition) is 0. The second-order valence-corrected chi connectivity index (χ2v) is 1.73. The lowest BCUT2D eigenvalue weighted by Gasteiger charge is -1.79. The van der Waals surface area contributed by atoms with Crippen molar-refractivity contribution in [1.29, 1.82) is 0 Å². The average Bonchev–Trinajstić information content (AvgIpc) is 0.811. The molecule has 0 heterocycles. The molecule has 0 rings (SSSR count). The maximum Gasteiger partial charge on any atom is -0.0500 e. The van der Waals surface area contributed by atoms with E-state index >= 15 is 0 Å². The third-order valence-corrected chi connectivity index (χ3v) is 0. The van der Waals surface area contributed by atoms with E-state index in [1.54, 1.807) is 0 Å². The lowest BCUT2D eigenvalue weighted by atomic mass is 10.3. The van der Waals surface area contributed by atoms with Crippen LogP contribution < -0.4 is 0 Å². The van der Waals surface area contributed by atoms with Crippen LogP contribution in [0.15, 0.2) is 0 Å². The highest BCUT2D eigenvalue weighted by atomic mass is 13.7. The van der Waals surface area contributed by atoms with E-state index in [0.29, 0.717) is 0 Å². The molecule has 5 heavy (non-hydrogen) atoms. The molecule has 0 aromatic heterocycles. The van der Waals surface area contributed by atoms with E-state index in [1.165, 1.54) is 0 Å². The molecule has 0 aromatic carbocycles. The van der Waals surface area contributed by atoms with Crippen LogP contribution in [0.2, 0.25) is 0 Å². The standard InChI is InChI=1S/C4H10.CH4/c1-4(2)3;/h4H,1-3H3;1H4. The fourth-order valence-electron chi connectivity index (χ4n) is 0. The van der Waals surface area contributed by atoms with Crippen molar-refractivity contribution < 1.29 is 0 Å². The van der Waals surface area contributed by atoms with Crippen molar-refractivity contribution in [2.75, 3.05) is 0 Å². The van der Waals surface area contributed by atoms with Gasteiger partial charge in [0, 0.05) is 0 Å². The van der Waals surface area contributed by atoms with Crippen LogP contribution in [0.5, 0.6) is 0 Å². The zero-order valence-corrected chi connectivity index (χ0v) is 3.58. The maximum atomic E-state index is 2.17. The zero-order valence-electron chi connectivity index (χ0n) is 3.58. The summed E-state index contributed by atoms with van der Waals surface area (Å²) in [4.78, 5) is 0. The van der Waals surface area contributed by atoms with Gasteiger partial charge in [-0.3, -0.25) is 0 Å².